The molecule has 0 radical (unpaired) electrons. The molecule has 14 atom stereocenters. The first-order chi connectivity index (χ1) is 23.1. The second kappa shape index (κ2) is 18.8. The quantitative estimate of drug-likeness (QED) is 0.131. The van der Waals surface area contributed by atoms with E-state index >= 15 is 0 Å². The van der Waals surface area contributed by atoms with E-state index in [-0.39, 0.29) is 38.1 Å². The molecule has 0 saturated carbocycles. The number of cyclic esters (lactones) is 1. The lowest BCUT2D eigenvalue weighted by molar-refractivity contribution is -0.298. The number of amides is 1. The van der Waals surface area contributed by atoms with E-state index in [1.165, 1.54) is 20.8 Å². The molecule has 2 fully saturated rings. The summed E-state index contributed by atoms with van der Waals surface area (Å²) in [6.07, 6.45) is -6.85. The van der Waals surface area contributed by atoms with Gasteiger partial charge in [-0.15, -0.1) is 0 Å². The fourth-order valence-electron chi connectivity index (χ4n) is 7.12. The van der Waals surface area contributed by atoms with Crippen molar-refractivity contribution in [2.45, 2.75) is 155 Å². The molecule has 2 heterocycles. The van der Waals surface area contributed by atoms with E-state index in [4.69, 9.17) is 18.9 Å². The number of ether oxygens (including phenoxy) is 4. The number of carbonyl (C=O) groups is 3. The maximum atomic E-state index is 14.2. The van der Waals surface area contributed by atoms with Crippen molar-refractivity contribution >= 4 is 17.7 Å². The van der Waals surface area contributed by atoms with Crippen molar-refractivity contribution in [2.75, 3.05) is 33.8 Å². The van der Waals surface area contributed by atoms with Gasteiger partial charge < -0.3 is 54.9 Å². The zero-order valence-corrected chi connectivity index (χ0v) is 32.3. The minimum Gasteiger partial charge on any atom is -0.459 e. The van der Waals surface area contributed by atoms with Crippen LogP contribution in [0.1, 0.15) is 88.5 Å². The molecule has 1 unspecified atom stereocenters. The van der Waals surface area contributed by atoms with Crippen molar-refractivity contribution in [3.8, 4) is 0 Å². The van der Waals surface area contributed by atoms with Crippen LogP contribution in [-0.2, 0) is 33.3 Å². The van der Waals surface area contributed by atoms with Gasteiger partial charge in [-0.1, -0.05) is 34.6 Å². The molecule has 14 nitrogen and oxygen atoms in total. The Bertz CT molecular complexity index is 1110. The Balaban J connectivity index is 2.67. The van der Waals surface area contributed by atoms with Gasteiger partial charge in [-0.3, -0.25) is 14.4 Å². The average molecular weight is 718 g/mol. The van der Waals surface area contributed by atoms with Crippen LogP contribution in [-0.4, -0.2) is 143 Å². The van der Waals surface area contributed by atoms with Gasteiger partial charge >= 0.3 is 5.97 Å². The van der Waals surface area contributed by atoms with Gasteiger partial charge in [0.15, 0.2) is 12.1 Å². The number of likely N-dealkylation sites (N-methyl/N-ethyl adjacent to an activating group) is 1. The highest BCUT2D eigenvalue weighted by atomic mass is 16.7. The molecular weight excluding hydrogens is 650 g/mol. The summed E-state index contributed by atoms with van der Waals surface area (Å²) in [5.41, 5.74) is -3.43. The predicted molar refractivity (Wildman–Crippen MR) is 187 cm³/mol. The largest absolute Gasteiger partial charge is 0.459 e. The van der Waals surface area contributed by atoms with Crippen LogP contribution >= 0.6 is 0 Å². The Kier molecular flexibility index (Phi) is 16.7. The standard InChI is InChI=1S/C36H67N3O11/c1-13-27-36(10,46)30(43)24(8)32(44)38-20(4)15-35(9,47-18-25(40)17-37-16-19(2)3)31(22(6)28(41)23(7)33(45)49-27)50-34-29(42)26(39(11)12)14-21(5)48-34/h19-27,29-31,34,37,40,42-43,46H,13-18H2,1-12H3,(H,38,44)/t20-,21-,22+,23-,24-,25?,26+,27-,29-,30+,31-,34+,35-,36+/m1/s1. The van der Waals surface area contributed by atoms with E-state index in [9.17, 15) is 34.8 Å². The van der Waals surface area contributed by atoms with Crippen molar-refractivity contribution in [2.24, 2.45) is 23.7 Å². The first-order valence-corrected chi connectivity index (χ1v) is 18.2. The first kappa shape index (κ1) is 44.4. The molecule has 50 heavy (non-hydrogen) atoms. The van der Waals surface area contributed by atoms with Gasteiger partial charge in [0.1, 0.15) is 23.7 Å². The summed E-state index contributed by atoms with van der Waals surface area (Å²) in [5, 5.41) is 51.0. The number of carbonyl (C=O) groups excluding carboxylic acids is 3. The number of nitrogens with one attached hydrogen (secondary N) is 2. The number of esters is 1. The Morgan fingerprint density at radius 3 is 2.22 bits per heavy atom. The number of nitrogens with zero attached hydrogens (tertiary/aromatic N) is 1. The highest BCUT2D eigenvalue weighted by Crippen LogP contribution is 2.36. The summed E-state index contributed by atoms with van der Waals surface area (Å²) in [5.74, 6) is -5.16. The van der Waals surface area contributed by atoms with Gasteiger partial charge in [0.2, 0.25) is 5.91 Å². The fourth-order valence-corrected chi connectivity index (χ4v) is 7.12. The molecule has 14 heteroatoms. The Morgan fingerprint density at radius 2 is 1.66 bits per heavy atom. The SMILES string of the molecule is CC[C@H]1OC(=O)[C@H](C)C(=O)[C@H](C)[C@@H](O[C@@H]2O[C@H](C)C[C@H](N(C)C)[C@H]2O)[C@](C)(OCC(O)CNCC(C)C)C[C@@H](C)NC(=O)[C@H](C)[C@H](O)[C@@]1(C)O. The monoisotopic (exact) mass is 717 g/mol. The summed E-state index contributed by atoms with van der Waals surface area (Å²) in [4.78, 5) is 43.1. The van der Waals surface area contributed by atoms with Gasteiger partial charge in [-0.05, 0) is 80.4 Å². The molecule has 2 aliphatic heterocycles. The van der Waals surface area contributed by atoms with Crippen molar-refractivity contribution in [1.29, 1.82) is 0 Å². The first-order valence-electron chi connectivity index (χ1n) is 18.2. The van der Waals surface area contributed by atoms with Crippen LogP contribution in [0.4, 0.5) is 0 Å². The molecule has 2 aliphatic rings. The molecule has 0 spiro atoms. The third-order valence-electron chi connectivity index (χ3n) is 10.2. The lowest BCUT2D eigenvalue weighted by Crippen LogP contribution is -2.60. The summed E-state index contributed by atoms with van der Waals surface area (Å²) < 4.78 is 24.9. The van der Waals surface area contributed by atoms with E-state index in [0.29, 0.717) is 18.9 Å². The highest BCUT2D eigenvalue weighted by molar-refractivity contribution is 6.00. The number of aliphatic hydroxyl groups is 4. The number of aliphatic hydroxyl groups excluding tert-OH is 3. The van der Waals surface area contributed by atoms with Crippen LogP contribution < -0.4 is 10.6 Å². The van der Waals surface area contributed by atoms with Crippen LogP contribution in [0.5, 0.6) is 0 Å². The maximum Gasteiger partial charge on any atom is 0.316 e. The molecule has 6 N–H and O–H groups in total. The summed E-state index contributed by atoms with van der Waals surface area (Å²) in [6, 6.07) is -0.957. The summed E-state index contributed by atoms with van der Waals surface area (Å²) in [7, 11) is 3.69. The zero-order valence-electron chi connectivity index (χ0n) is 32.3. The Labute approximate surface area is 298 Å². The summed E-state index contributed by atoms with van der Waals surface area (Å²) >= 11 is 0. The summed E-state index contributed by atoms with van der Waals surface area (Å²) in [6.45, 7) is 17.6. The molecule has 2 saturated heterocycles. The number of rotatable bonds is 11. The van der Waals surface area contributed by atoms with E-state index in [1.54, 1.807) is 27.7 Å². The molecule has 0 bridgehead atoms. The van der Waals surface area contributed by atoms with Crippen molar-refractivity contribution in [1.82, 2.24) is 15.5 Å². The second-order valence-corrected chi connectivity index (χ2v) is 15.8. The third-order valence-corrected chi connectivity index (χ3v) is 10.2. The second-order valence-electron chi connectivity index (χ2n) is 15.8. The van der Waals surface area contributed by atoms with E-state index in [2.05, 4.69) is 10.6 Å². The normalized spacial score (nSPS) is 40.6. The molecular formula is C36H67N3O11. The van der Waals surface area contributed by atoms with Crippen LogP contribution in [0.3, 0.4) is 0 Å². The molecule has 2 rings (SSSR count). The van der Waals surface area contributed by atoms with Crippen molar-refractivity contribution in [3.05, 3.63) is 0 Å². The van der Waals surface area contributed by atoms with Crippen LogP contribution in [0.25, 0.3) is 0 Å². The smallest absolute Gasteiger partial charge is 0.316 e. The van der Waals surface area contributed by atoms with Gasteiger partial charge in [-0.2, -0.15) is 0 Å². The lowest BCUT2D eigenvalue weighted by Gasteiger charge is -2.47. The number of Topliss-reactive ketones (excluding diaryl/α,β-unsaturated/α-hetero) is 1. The fraction of sp³-hybridized carbons (Fsp3) is 0.917. The number of hydrogen-bond acceptors (Lipinski definition) is 13. The molecule has 1 amide bonds. The Morgan fingerprint density at radius 1 is 1.04 bits per heavy atom. The van der Waals surface area contributed by atoms with Gasteiger partial charge in [0.25, 0.3) is 0 Å². The Hall–Kier alpha value is -1.75. The number of hydrogen-bond donors (Lipinski definition) is 6. The van der Waals surface area contributed by atoms with Crippen LogP contribution in [0.2, 0.25) is 0 Å². The minimum atomic E-state index is -2.02. The van der Waals surface area contributed by atoms with E-state index < -0.39 is 89.5 Å². The highest BCUT2D eigenvalue weighted by Gasteiger charge is 2.51. The maximum absolute atomic E-state index is 14.2. The topological polar surface area (TPSA) is 196 Å². The van der Waals surface area contributed by atoms with Gasteiger partial charge in [-0.25, -0.2) is 0 Å². The minimum absolute atomic E-state index is 0.0538. The van der Waals surface area contributed by atoms with Gasteiger partial charge in [0.05, 0.1) is 42.5 Å². The van der Waals surface area contributed by atoms with Crippen molar-refractivity contribution in [3.63, 3.8) is 0 Å². The van der Waals surface area contributed by atoms with Crippen molar-refractivity contribution < 1.29 is 53.8 Å². The molecule has 0 aromatic rings. The average Bonchev–Trinajstić information content (AvgIpc) is 3.03. The van der Waals surface area contributed by atoms with E-state index in [1.807, 2.05) is 39.8 Å². The van der Waals surface area contributed by atoms with Crippen LogP contribution in [0, 0.1) is 23.7 Å². The predicted octanol–water partition coefficient (Wildman–Crippen LogP) is 0.999. The molecule has 0 aliphatic carbocycles. The molecule has 0 aromatic heterocycles. The zero-order chi connectivity index (χ0) is 38.3. The van der Waals surface area contributed by atoms with E-state index in [0.717, 1.165) is 0 Å². The molecule has 0 aromatic carbocycles. The van der Waals surface area contributed by atoms with Crippen LogP contribution in [0.15, 0.2) is 0 Å². The van der Waals surface area contributed by atoms with Gasteiger partial charge in [0, 0.05) is 24.5 Å². The lowest BCUT2D eigenvalue weighted by atomic mass is 9.79. The third kappa shape index (κ3) is 11.4. The number of ketones is 1. The molecule has 292 valence electrons.